The zero-order valence-electron chi connectivity index (χ0n) is 27.0. The quantitative estimate of drug-likeness (QED) is 0.269. The van der Waals surface area contributed by atoms with Gasteiger partial charge in [0, 0.05) is 25.0 Å². The van der Waals surface area contributed by atoms with Gasteiger partial charge in [-0.25, -0.2) is 4.79 Å². The lowest BCUT2D eigenvalue weighted by atomic mass is 9.88. The normalized spacial score (nSPS) is 17.6. The first-order valence-corrected chi connectivity index (χ1v) is 16.0. The molecule has 1 saturated heterocycles. The van der Waals surface area contributed by atoms with E-state index >= 15 is 0 Å². The fourth-order valence-electron chi connectivity index (χ4n) is 5.52. The molecule has 2 aromatic carbocycles. The van der Waals surface area contributed by atoms with Gasteiger partial charge < -0.3 is 31.1 Å². The van der Waals surface area contributed by atoms with Gasteiger partial charge in [0.05, 0.1) is 12.1 Å². The van der Waals surface area contributed by atoms with Gasteiger partial charge in [-0.05, 0) is 69.9 Å². The molecule has 0 spiro atoms. The lowest BCUT2D eigenvalue weighted by molar-refractivity contribution is -0.140. The standard InChI is InChI=1S/C35H52N4O5/c1-6-24(2)31(33(42)39-19-17-28(36)18-20-39)38-32(41)27(21-25-13-9-7-10-14-25)23-30(40)29(22-26-15-11-8-12-16-26)37-34(43)44-35(3,4)5/h7-16,24,27-31,40H,6,17-23,36H2,1-5H3,(H,37,43)(H,38,41). The van der Waals surface area contributed by atoms with E-state index in [9.17, 15) is 19.5 Å². The van der Waals surface area contributed by atoms with E-state index in [4.69, 9.17) is 10.5 Å². The fourth-order valence-corrected chi connectivity index (χ4v) is 5.52. The summed E-state index contributed by atoms with van der Waals surface area (Å²) in [6.07, 6.45) is 1.30. The first-order valence-electron chi connectivity index (χ1n) is 16.0. The summed E-state index contributed by atoms with van der Waals surface area (Å²) in [4.78, 5) is 42.3. The molecule has 0 radical (unpaired) electrons. The average Bonchev–Trinajstić information content (AvgIpc) is 2.98. The maximum Gasteiger partial charge on any atom is 0.407 e. The third-order valence-corrected chi connectivity index (χ3v) is 8.31. The molecule has 242 valence electrons. The van der Waals surface area contributed by atoms with Crippen LogP contribution >= 0.6 is 0 Å². The number of aliphatic hydroxyl groups excluding tert-OH is 1. The Morgan fingerprint density at radius 1 is 0.955 bits per heavy atom. The van der Waals surface area contributed by atoms with Crippen LogP contribution in [0.4, 0.5) is 4.79 Å². The van der Waals surface area contributed by atoms with Gasteiger partial charge in [0.1, 0.15) is 11.6 Å². The topological polar surface area (TPSA) is 134 Å². The maximum atomic E-state index is 14.0. The van der Waals surface area contributed by atoms with Crippen molar-refractivity contribution in [1.82, 2.24) is 15.5 Å². The number of nitrogens with zero attached hydrogens (tertiary/aromatic N) is 1. The van der Waals surface area contributed by atoms with Crippen LogP contribution in [0.3, 0.4) is 0 Å². The molecule has 5 unspecified atom stereocenters. The van der Waals surface area contributed by atoms with Crippen molar-refractivity contribution in [2.45, 2.75) is 103 Å². The van der Waals surface area contributed by atoms with Crippen molar-refractivity contribution in [2.24, 2.45) is 17.6 Å². The average molecular weight is 609 g/mol. The molecule has 0 aromatic heterocycles. The minimum atomic E-state index is -1.07. The summed E-state index contributed by atoms with van der Waals surface area (Å²) in [7, 11) is 0. The molecule has 3 rings (SSSR count). The second-order valence-electron chi connectivity index (χ2n) is 13.2. The Hall–Kier alpha value is -3.43. The van der Waals surface area contributed by atoms with Crippen molar-refractivity contribution in [2.75, 3.05) is 13.1 Å². The summed E-state index contributed by atoms with van der Waals surface area (Å²) >= 11 is 0. The van der Waals surface area contributed by atoms with Gasteiger partial charge in [-0.3, -0.25) is 9.59 Å². The van der Waals surface area contributed by atoms with E-state index in [2.05, 4.69) is 10.6 Å². The summed E-state index contributed by atoms with van der Waals surface area (Å²) in [5.41, 5.74) is 7.23. The molecular weight excluding hydrogens is 556 g/mol. The Morgan fingerprint density at radius 3 is 2.02 bits per heavy atom. The smallest absolute Gasteiger partial charge is 0.407 e. The highest BCUT2D eigenvalue weighted by Crippen LogP contribution is 2.22. The van der Waals surface area contributed by atoms with Gasteiger partial charge in [0.2, 0.25) is 11.8 Å². The second kappa shape index (κ2) is 16.6. The van der Waals surface area contributed by atoms with Crippen LogP contribution in [0.2, 0.25) is 0 Å². The van der Waals surface area contributed by atoms with E-state index in [-0.39, 0.29) is 30.2 Å². The number of carbonyl (C=O) groups is 3. The number of nitrogens with one attached hydrogen (secondary N) is 2. The second-order valence-corrected chi connectivity index (χ2v) is 13.2. The van der Waals surface area contributed by atoms with Crippen LogP contribution in [0.25, 0.3) is 0 Å². The maximum absolute atomic E-state index is 14.0. The lowest BCUT2D eigenvalue weighted by Gasteiger charge is -2.35. The van der Waals surface area contributed by atoms with Crippen molar-refractivity contribution < 1.29 is 24.2 Å². The fraction of sp³-hybridized carbons (Fsp3) is 0.571. The van der Waals surface area contributed by atoms with E-state index in [1.54, 1.807) is 20.8 Å². The van der Waals surface area contributed by atoms with E-state index in [1.807, 2.05) is 79.4 Å². The number of ether oxygens (including phenoxy) is 1. The number of carbonyl (C=O) groups excluding carboxylic acids is 3. The predicted octanol–water partition coefficient (Wildman–Crippen LogP) is 4.21. The number of benzene rings is 2. The molecule has 1 aliphatic rings. The molecule has 1 aliphatic heterocycles. The monoisotopic (exact) mass is 608 g/mol. The number of alkyl carbamates (subject to hydrolysis) is 1. The third-order valence-electron chi connectivity index (χ3n) is 8.31. The first-order chi connectivity index (χ1) is 20.9. The molecule has 0 bridgehead atoms. The zero-order valence-corrected chi connectivity index (χ0v) is 27.0. The molecule has 5 N–H and O–H groups in total. The van der Waals surface area contributed by atoms with Crippen LogP contribution < -0.4 is 16.4 Å². The summed E-state index contributed by atoms with van der Waals surface area (Å²) in [5, 5.41) is 17.5. The van der Waals surface area contributed by atoms with E-state index < -0.39 is 35.8 Å². The highest BCUT2D eigenvalue weighted by atomic mass is 16.6. The molecule has 9 heteroatoms. The summed E-state index contributed by atoms with van der Waals surface area (Å²) in [6.45, 7) is 10.5. The molecule has 3 amide bonds. The van der Waals surface area contributed by atoms with Crippen molar-refractivity contribution >= 4 is 17.9 Å². The number of nitrogens with two attached hydrogens (primary N) is 1. The van der Waals surface area contributed by atoms with Gasteiger partial charge >= 0.3 is 6.09 Å². The molecule has 0 saturated carbocycles. The Balaban J connectivity index is 1.84. The number of hydrogen-bond acceptors (Lipinski definition) is 6. The van der Waals surface area contributed by atoms with Gasteiger partial charge in [-0.2, -0.15) is 0 Å². The number of likely N-dealkylation sites (tertiary alicyclic amines) is 1. The van der Waals surface area contributed by atoms with Crippen LogP contribution in [0, 0.1) is 11.8 Å². The van der Waals surface area contributed by atoms with Gasteiger partial charge in [0.25, 0.3) is 0 Å². The summed E-state index contributed by atoms with van der Waals surface area (Å²) in [5.74, 6) is -1.12. The number of aliphatic hydroxyl groups is 1. The number of piperidine rings is 1. The van der Waals surface area contributed by atoms with E-state index in [0.29, 0.717) is 25.9 Å². The van der Waals surface area contributed by atoms with E-state index in [0.717, 1.165) is 30.4 Å². The largest absolute Gasteiger partial charge is 0.444 e. The Kier molecular flexibility index (Phi) is 13.2. The first kappa shape index (κ1) is 35.1. The summed E-state index contributed by atoms with van der Waals surface area (Å²) in [6, 6.07) is 17.9. The predicted molar refractivity (Wildman–Crippen MR) is 173 cm³/mol. The Morgan fingerprint density at radius 2 is 1.50 bits per heavy atom. The minimum Gasteiger partial charge on any atom is -0.444 e. The van der Waals surface area contributed by atoms with Crippen LogP contribution in [-0.4, -0.2) is 70.8 Å². The zero-order chi connectivity index (χ0) is 32.3. The van der Waals surface area contributed by atoms with Crippen LogP contribution in [0.5, 0.6) is 0 Å². The third kappa shape index (κ3) is 11.2. The molecule has 1 fully saturated rings. The molecule has 1 heterocycles. The molecular formula is C35H52N4O5. The van der Waals surface area contributed by atoms with Crippen molar-refractivity contribution in [3.05, 3.63) is 71.8 Å². The Bertz CT molecular complexity index is 1180. The molecule has 5 atom stereocenters. The number of hydrogen-bond donors (Lipinski definition) is 4. The number of amides is 3. The Labute approximate surface area is 262 Å². The van der Waals surface area contributed by atoms with Gasteiger partial charge in [0.15, 0.2) is 0 Å². The molecule has 2 aromatic rings. The minimum absolute atomic E-state index is 0.0774. The summed E-state index contributed by atoms with van der Waals surface area (Å²) < 4.78 is 5.50. The van der Waals surface area contributed by atoms with Crippen molar-refractivity contribution in [1.29, 1.82) is 0 Å². The molecule has 44 heavy (non-hydrogen) atoms. The SMILES string of the molecule is CCC(C)C(NC(=O)C(Cc1ccccc1)CC(O)C(Cc1ccccc1)NC(=O)OC(C)(C)C)C(=O)N1CCC(N)CC1. The van der Waals surface area contributed by atoms with Crippen LogP contribution in [0.1, 0.15) is 71.4 Å². The van der Waals surface area contributed by atoms with Gasteiger partial charge in [-0.1, -0.05) is 80.9 Å². The molecule has 9 nitrogen and oxygen atoms in total. The highest BCUT2D eigenvalue weighted by molar-refractivity contribution is 5.89. The lowest BCUT2D eigenvalue weighted by Crippen LogP contribution is -2.55. The molecule has 0 aliphatic carbocycles. The van der Waals surface area contributed by atoms with Gasteiger partial charge in [-0.15, -0.1) is 0 Å². The van der Waals surface area contributed by atoms with E-state index in [1.165, 1.54) is 0 Å². The van der Waals surface area contributed by atoms with Crippen molar-refractivity contribution in [3.63, 3.8) is 0 Å². The van der Waals surface area contributed by atoms with Crippen molar-refractivity contribution in [3.8, 4) is 0 Å². The van der Waals surface area contributed by atoms with Crippen LogP contribution in [0.15, 0.2) is 60.7 Å². The number of rotatable bonds is 13. The van der Waals surface area contributed by atoms with Crippen LogP contribution in [-0.2, 0) is 27.2 Å². The highest BCUT2D eigenvalue weighted by Gasteiger charge is 2.35.